The van der Waals surface area contributed by atoms with Crippen LogP contribution in [0.1, 0.15) is 18.9 Å². The molecule has 126 valence electrons. The molecule has 1 aliphatic carbocycles. The van der Waals surface area contributed by atoms with Gasteiger partial charge in [-0.2, -0.15) is 0 Å². The van der Waals surface area contributed by atoms with Gasteiger partial charge in [0.2, 0.25) is 0 Å². The normalized spacial score (nSPS) is 22.0. The van der Waals surface area contributed by atoms with Gasteiger partial charge in [-0.25, -0.2) is 8.78 Å². The molecule has 0 aliphatic heterocycles. The molecule has 0 aromatic heterocycles. The van der Waals surface area contributed by atoms with Crippen molar-refractivity contribution in [1.29, 1.82) is 0 Å². The molecule has 1 fully saturated rings. The minimum absolute atomic E-state index is 0.0969. The molecule has 1 amide bonds. The third kappa shape index (κ3) is 3.40. The number of amides is 1. The second-order valence-corrected chi connectivity index (χ2v) is 6.26. The zero-order chi connectivity index (χ0) is 17.2. The molecular weight excluding hydrogens is 312 g/mol. The van der Waals surface area contributed by atoms with Gasteiger partial charge < -0.3 is 10.1 Å². The van der Waals surface area contributed by atoms with E-state index in [4.69, 9.17) is 4.74 Å². The largest absolute Gasteiger partial charge is 0.484 e. The molecule has 2 atom stereocenters. The van der Waals surface area contributed by atoms with Crippen molar-refractivity contribution in [2.75, 3.05) is 13.2 Å². The van der Waals surface area contributed by atoms with Gasteiger partial charge in [-0.05, 0) is 36.1 Å². The maximum absolute atomic E-state index is 14.1. The van der Waals surface area contributed by atoms with Crippen molar-refractivity contribution in [2.24, 2.45) is 5.92 Å². The van der Waals surface area contributed by atoms with Crippen LogP contribution in [-0.4, -0.2) is 19.1 Å². The van der Waals surface area contributed by atoms with Crippen LogP contribution in [-0.2, 0) is 10.2 Å². The molecule has 3 rings (SSSR count). The summed E-state index contributed by atoms with van der Waals surface area (Å²) in [6.07, 6.45) is 0.759. The molecule has 24 heavy (non-hydrogen) atoms. The minimum atomic E-state index is -0.597. The SMILES string of the molecule is CC1CC1(CNC(=O)COc1ccccc1)c1ccc(F)cc1F. The molecule has 1 N–H and O–H groups in total. The van der Waals surface area contributed by atoms with Crippen LogP contribution in [0.15, 0.2) is 48.5 Å². The van der Waals surface area contributed by atoms with Gasteiger partial charge in [0.1, 0.15) is 17.4 Å². The summed E-state index contributed by atoms with van der Waals surface area (Å²) < 4.78 is 32.6. The van der Waals surface area contributed by atoms with E-state index in [0.717, 1.165) is 12.5 Å². The lowest BCUT2D eigenvalue weighted by Crippen LogP contribution is -2.36. The van der Waals surface area contributed by atoms with Gasteiger partial charge in [-0.15, -0.1) is 0 Å². The van der Waals surface area contributed by atoms with E-state index in [2.05, 4.69) is 5.32 Å². The number of ether oxygens (including phenoxy) is 1. The molecule has 5 heteroatoms. The number of hydrogen-bond donors (Lipinski definition) is 1. The first-order valence-electron chi connectivity index (χ1n) is 7.91. The quantitative estimate of drug-likeness (QED) is 0.881. The first-order chi connectivity index (χ1) is 11.5. The Bertz CT molecular complexity index is 735. The second kappa shape index (κ2) is 6.59. The highest BCUT2D eigenvalue weighted by atomic mass is 19.1. The maximum atomic E-state index is 14.1. The molecule has 0 radical (unpaired) electrons. The fraction of sp³-hybridized carbons (Fsp3) is 0.316. The van der Waals surface area contributed by atoms with Crippen molar-refractivity contribution in [3.63, 3.8) is 0 Å². The monoisotopic (exact) mass is 331 g/mol. The minimum Gasteiger partial charge on any atom is -0.484 e. The fourth-order valence-electron chi connectivity index (χ4n) is 3.07. The molecule has 2 aromatic rings. The molecule has 2 aromatic carbocycles. The average Bonchev–Trinajstić information content (AvgIpc) is 3.23. The van der Waals surface area contributed by atoms with Crippen LogP contribution in [0.3, 0.4) is 0 Å². The highest BCUT2D eigenvalue weighted by Gasteiger charge is 2.53. The average molecular weight is 331 g/mol. The van der Waals surface area contributed by atoms with Gasteiger partial charge in [0.25, 0.3) is 5.91 Å². The van der Waals surface area contributed by atoms with E-state index >= 15 is 0 Å². The molecule has 0 heterocycles. The van der Waals surface area contributed by atoms with E-state index in [0.29, 0.717) is 17.9 Å². The van der Waals surface area contributed by atoms with Crippen LogP contribution in [0.5, 0.6) is 5.75 Å². The second-order valence-electron chi connectivity index (χ2n) is 6.26. The van der Waals surface area contributed by atoms with Gasteiger partial charge in [0, 0.05) is 18.0 Å². The summed E-state index contributed by atoms with van der Waals surface area (Å²) in [5.74, 6) is -0.575. The Kier molecular flexibility index (Phi) is 4.51. The Labute approximate surface area is 139 Å². The highest BCUT2D eigenvalue weighted by molar-refractivity contribution is 5.77. The Balaban J connectivity index is 1.59. The Morgan fingerprint density at radius 3 is 2.58 bits per heavy atom. The molecular formula is C19H19F2NO2. The van der Waals surface area contributed by atoms with E-state index in [9.17, 15) is 13.6 Å². The van der Waals surface area contributed by atoms with E-state index in [1.54, 1.807) is 12.1 Å². The maximum Gasteiger partial charge on any atom is 0.257 e. The summed E-state index contributed by atoms with van der Waals surface area (Å²) in [6.45, 7) is 2.21. The summed E-state index contributed by atoms with van der Waals surface area (Å²) in [5, 5.41) is 2.80. The number of carbonyl (C=O) groups excluding carboxylic acids is 1. The van der Waals surface area contributed by atoms with Crippen LogP contribution >= 0.6 is 0 Å². The molecule has 3 nitrogen and oxygen atoms in total. The molecule has 1 saturated carbocycles. The van der Waals surface area contributed by atoms with Crippen LogP contribution < -0.4 is 10.1 Å². The number of carbonyl (C=O) groups is 1. The third-order valence-electron chi connectivity index (χ3n) is 4.64. The van der Waals surface area contributed by atoms with Crippen molar-refractivity contribution < 1.29 is 18.3 Å². The number of hydrogen-bond acceptors (Lipinski definition) is 2. The summed E-state index contributed by atoms with van der Waals surface area (Å²) in [7, 11) is 0. The van der Waals surface area contributed by atoms with Gasteiger partial charge in [0.05, 0.1) is 0 Å². The van der Waals surface area contributed by atoms with Gasteiger partial charge >= 0.3 is 0 Å². The first kappa shape index (κ1) is 16.4. The van der Waals surface area contributed by atoms with Crippen molar-refractivity contribution in [1.82, 2.24) is 5.32 Å². The van der Waals surface area contributed by atoms with Crippen molar-refractivity contribution in [3.05, 3.63) is 65.7 Å². The number of halogens is 2. The zero-order valence-electron chi connectivity index (χ0n) is 13.4. The van der Waals surface area contributed by atoms with Crippen molar-refractivity contribution in [2.45, 2.75) is 18.8 Å². The molecule has 0 spiro atoms. The van der Waals surface area contributed by atoms with E-state index < -0.39 is 17.0 Å². The lowest BCUT2D eigenvalue weighted by atomic mass is 9.92. The molecule has 0 saturated heterocycles. The van der Waals surface area contributed by atoms with Gasteiger partial charge in [-0.1, -0.05) is 31.2 Å². The first-order valence-corrected chi connectivity index (χ1v) is 7.91. The standard InChI is InChI=1S/C19H19F2NO2/c1-13-10-19(13,16-8-7-14(20)9-17(16)21)12-22-18(23)11-24-15-5-3-2-4-6-15/h2-9,13H,10-12H2,1H3,(H,22,23). The van der Waals surface area contributed by atoms with Crippen LogP contribution in [0.25, 0.3) is 0 Å². The number of para-hydroxylation sites is 1. The lowest BCUT2D eigenvalue weighted by molar-refractivity contribution is -0.123. The lowest BCUT2D eigenvalue weighted by Gasteiger charge is -2.19. The number of nitrogens with one attached hydrogen (secondary N) is 1. The number of benzene rings is 2. The Morgan fingerprint density at radius 1 is 1.25 bits per heavy atom. The summed E-state index contributed by atoms with van der Waals surface area (Å²) >= 11 is 0. The number of rotatable bonds is 6. The van der Waals surface area contributed by atoms with E-state index in [1.807, 2.05) is 25.1 Å². The van der Waals surface area contributed by atoms with Gasteiger partial charge in [0.15, 0.2) is 6.61 Å². The zero-order valence-corrected chi connectivity index (χ0v) is 13.4. The molecule has 1 aliphatic rings. The fourth-order valence-corrected chi connectivity index (χ4v) is 3.07. The summed E-state index contributed by atoms with van der Waals surface area (Å²) in [6, 6.07) is 12.7. The Morgan fingerprint density at radius 2 is 1.96 bits per heavy atom. The predicted octanol–water partition coefficient (Wildman–Crippen LogP) is 3.44. The predicted molar refractivity (Wildman–Crippen MR) is 86.8 cm³/mol. The van der Waals surface area contributed by atoms with Gasteiger partial charge in [-0.3, -0.25) is 4.79 Å². The summed E-state index contributed by atoms with van der Waals surface area (Å²) in [4.78, 5) is 12.0. The van der Waals surface area contributed by atoms with Crippen LogP contribution in [0.4, 0.5) is 8.78 Å². The highest BCUT2D eigenvalue weighted by Crippen LogP contribution is 2.54. The van der Waals surface area contributed by atoms with Crippen molar-refractivity contribution in [3.8, 4) is 5.75 Å². The third-order valence-corrected chi connectivity index (χ3v) is 4.64. The Hall–Kier alpha value is -2.43. The van der Waals surface area contributed by atoms with E-state index in [-0.39, 0.29) is 18.4 Å². The molecule has 2 unspecified atom stereocenters. The molecule has 0 bridgehead atoms. The van der Waals surface area contributed by atoms with Crippen LogP contribution in [0, 0.1) is 17.6 Å². The van der Waals surface area contributed by atoms with E-state index in [1.165, 1.54) is 12.1 Å². The summed E-state index contributed by atoms with van der Waals surface area (Å²) in [5.41, 5.74) is 0.000816. The van der Waals surface area contributed by atoms with Crippen molar-refractivity contribution >= 4 is 5.91 Å². The smallest absolute Gasteiger partial charge is 0.257 e. The van der Waals surface area contributed by atoms with Crippen LogP contribution in [0.2, 0.25) is 0 Å². The topological polar surface area (TPSA) is 38.3 Å².